The summed E-state index contributed by atoms with van der Waals surface area (Å²) >= 11 is 0. The van der Waals surface area contributed by atoms with Gasteiger partial charge in [0, 0.05) is 24.2 Å². The molecule has 0 saturated carbocycles. The number of hydrogen-bond acceptors (Lipinski definition) is 4. The van der Waals surface area contributed by atoms with E-state index in [0.29, 0.717) is 12.3 Å². The fraction of sp³-hybridized carbons (Fsp3) is 0.500. The molecule has 1 saturated heterocycles. The Bertz CT molecular complexity index is 676. The quantitative estimate of drug-likeness (QED) is 0.856. The molecule has 0 unspecified atom stereocenters. The van der Waals surface area contributed by atoms with E-state index in [-0.39, 0.29) is 5.91 Å². The molecule has 6 heteroatoms. The van der Waals surface area contributed by atoms with E-state index in [0.717, 1.165) is 43.1 Å². The van der Waals surface area contributed by atoms with Crippen LogP contribution in [0.2, 0.25) is 0 Å². The molecule has 2 aromatic rings. The molecule has 1 aromatic heterocycles. The molecule has 0 aliphatic carbocycles. The highest BCUT2D eigenvalue weighted by molar-refractivity contribution is 5.91. The van der Waals surface area contributed by atoms with E-state index in [9.17, 15) is 4.79 Å². The molecule has 128 valence electrons. The number of anilines is 1. The average molecular weight is 327 g/mol. The van der Waals surface area contributed by atoms with E-state index < -0.39 is 0 Å². The summed E-state index contributed by atoms with van der Waals surface area (Å²) in [5.41, 5.74) is 1.78. The molecule has 0 radical (unpaired) electrons. The van der Waals surface area contributed by atoms with Crippen LogP contribution >= 0.6 is 0 Å². The number of rotatable bonds is 6. The maximum atomic E-state index is 12.2. The van der Waals surface area contributed by atoms with Gasteiger partial charge in [0.1, 0.15) is 6.33 Å². The number of nitrogens with one attached hydrogen (secondary N) is 2. The Morgan fingerprint density at radius 2 is 2.21 bits per heavy atom. The fourth-order valence-electron chi connectivity index (χ4n) is 3.18. The molecule has 1 aromatic carbocycles. The van der Waals surface area contributed by atoms with Crippen molar-refractivity contribution in [2.45, 2.75) is 39.2 Å². The predicted octanol–water partition coefficient (Wildman–Crippen LogP) is 2.68. The zero-order valence-electron chi connectivity index (χ0n) is 14.2. The van der Waals surface area contributed by atoms with Crippen molar-refractivity contribution in [3.8, 4) is 11.4 Å². The van der Waals surface area contributed by atoms with Crippen LogP contribution in [0.1, 0.15) is 32.6 Å². The van der Waals surface area contributed by atoms with Crippen molar-refractivity contribution in [1.29, 1.82) is 0 Å². The lowest BCUT2D eigenvalue weighted by atomic mass is 9.93. The van der Waals surface area contributed by atoms with Crippen LogP contribution in [0.3, 0.4) is 0 Å². The number of aryl methyl sites for hydroxylation is 1. The summed E-state index contributed by atoms with van der Waals surface area (Å²) in [5, 5.41) is 14.5. The minimum Gasteiger partial charge on any atom is -0.326 e. The van der Waals surface area contributed by atoms with Crippen molar-refractivity contribution in [2.24, 2.45) is 5.92 Å². The molecule has 0 bridgehead atoms. The third-order valence-corrected chi connectivity index (χ3v) is 4.60. The molecule has 1 fully saturated rings. The van der Waals surface area contributed by atoms with Gasteiger partial charge in [0.05, 0.1) is 0 Å². The smallest absolute Gasteiger partial charge is 0.224 e. The van der Waals surface area contributed by atoms with Crippen LogP contribution in [-0.2, 0) is 11.3 Å². The van der Waals surface area contributed by atoms with Gasteiger partial charge in [-0.25, -0.2) is 0 Å². The molecule has 2 heterocycles. The number of benzene rings is 1. The van der Waals surface area contributed by atoms with Crippen molar-refractivity contribution in [1.82, 2.24) is 20.1 Å². The standard InChI is InChI=1S/C18H25N5O/c1-2-23-13-20-22-18(23)15-4-3-5-16(12-15)21-17(24)7-6-14-8-10-19-11-9-14/h3-5,12-14,19H,2,6-11H2,1H3,(H,21,24). The Morgan fingerprint density at radius 3 is 3.00 bits per heavy atom. The van der Waals surface area contributed by atoms with Crippen LogP contribution in [0.15, 0.2) is 30.6 Å². The van der Waals surface area contributed by atoms with Gasteiger partial charge in [-0.3, -0.25) is 4.79 Å². The topological polar surface area (TPSA) is 71.8 Å². The van der Waals surface area contributed by atoms with Gasteiger partial charge in [-0.05, 0) is 57.3 Å². The van der Waals surface area contributed by atoms with Crippen LogP contribution in [0.4, 0.5) is 5.69 Å². The molecule has 1 aliphatic rings. The predicted molar refractivity (Wildman–Crippen MR) is 94.6 cm³/mol. The number of carbonyl (C=O) groups is 1. The normalized spacial score (nSPS) is 15.4. The van der Waals surface area contributed by atoms with Crippen molar-refractivity contribution < 1.29 is 4.79 Å². The van der Waals surface area contributed by atoms with Crippen molar-refractivity contribution in [2.75, 3.05) is 18.4 Å². The Balaban J connectivity index is 1.59. The Morgan fingerprint density at radius 1 is 1.38 bits per heavy atom. The second-order valence-electron chi connectivity index (χ2n) is 6.30. The first-order chi connectivity index (χ1) is 11.8. The second-order valence-corrected chi connectivity index (χ2v) is 6.30. The molecule has 24 heavy (non-hydrogen) atoms. The SMILES string of the molecule is CCn1cnnc1-c1cccc(NC(=O)CCC2CCNCC2)c1. The molecule has 3 rings (SSSR count). The van der Waals surface area contributed by atoms with Crippen LogP contribution in [0.5, 0.6) is 0 Å². The number of amides is 1. The summed E-state index contributed by atoms with van der Waals surface area (Å²) in [6.45, 7) is 5.02. The number of aromatic nitrogens is 3. The summed E-state index contributed by atoms with van der Waals surface area (Å²) in [7, 11) is 0. The summed E-state index contributed by atoms with van der Waals surface area (Å²) in [6.07, 6.45) is 5.63. The van der Waals surface area contributed by atoms with Crippen LogP contribution < -0.4 is 10.6 Å². The molecule has 1 amide bonds. The van der Waals surface area contributed by atoms with Gasteiger partial charge in [0.25, 0.3) is 0 Å². The Hall–Kier alpha value is -2.21. The van der Waals surface area contributed by atoms with Crippen molar-refractivity contribution in [3.63, 3.8) is 0 Å². The van der Waals surface area contributed by atoms with Crippen LogP contribution in [-0.4, -0.2) is 33.8 Å². The van der Waals surface area contributed by atoms with E-state index >= 15 is 0 Å². The Kier molecular flexibility index (Phi) is 5.59. The lowest BCUT2D eigenvalue weighted by Crippen LogP contribution is -2.28. The van der Waals surface area contributed by atoms with Gasteiger partial charge < -0.3 is 15.2 Å². The lowest BCUT2D eigenvalue weighted by molar-refractivity contribution is -0.116. The fourth-order valence-corrected chi connectivity index (χ4v) is 3.18. The molecule has 6 nitrogen and oxygen atoms in total. The number of piperidine rings is 1. The molecular weight excluding hydrogens is 302 g/mol. The second kappa shape index (κ2) is 8.06. The maximum absolute atomic E-state index is 12.2. The highest BCUT2D eigenvalue weighted by atomic mass is 16.1. The lowest BCUT2D eigenvalue weighted by Gasteiger charge is -2.22. The minimum absolute atomic E-state index is 0.0858. The Labute approximate surface area is 142 Å². The summed E-state index contributed by atoms with van der Waals surface area (Å²) in [6, 6.07) is 7.80. The largest absolute Gasteiger partial charge is 0.326 e. The first kappa shape index (κ1) is 16.6. The minimum atomic E-state index is 0.0858. The summed E-state index contributed by atoms with van der Waals surface area (Å²) in [4.78, 5) is 12.2. The van der Waals surface area contributed by atoms with Crippen LogP contribution in [0, 0.1) is 5.92 Å². The van der Waals surface area contributed by atoms with Gasteiger partial charge in [0.2, 0.25) is 5.91 Å². The maximum Gasteiger partial charge on any atom is 0.224 e. The zero-order valence-corrected chi connectivity index (χ0v) is 14.2. The van der Waals surface area contributed by atoms with E-state index in [1.54, 1.807) is 6.33 Å². The van der Waals surface area contributed by atoms with E-state index in [4.69, 9.17) is 0 Å². The van der Waals surface area contributed by atoms with Gasteiger partial charge in [0.15, 0.2) is 5.82 Å². The third kappa shape index (κ3) is 4.20. The average Bonchev–Trinajstić information content (AvgIpc) is 3.10. The van der Waals surface area contributed by atoms with Gasteiger partial charge >= 0.3 is 0 Å². The highest BCUT2D eigenvalue weighted by Crippen LogP contribution is 2.22. The zero-order chi connectivity index (χ0) is 16.8. The third-order valence-electron chi connectivity index (χ3n) is 4.60. The van der Waals surface area contributed by atoms with Crippen molar-refractivity contribution >= 4 is 11.6 Å². The molecular formula is C18H25N5O. The summed E-state index contributed by atoms with van der Waals surface area (Å²) in [5.74, 6) is 1.58. The molecule has 1 aliphatic heterocycles. The molecule has 0 spiro atoms. The monoisotopic (exact) mass is 327 g/mol. The van der Waals surface area contributed by atoms with E-state index in [1.807, 2.05) is 28.8 Å². The van der Waals surface area contributed by atoms with Crippen LogP contribution in [0.25, 0.3) is 11.4 Å². The van der Waals surface area contributed by atoms with E-state index in [1.165, 1.54) is 12.8 Å². The highest BCUT2D eigenvalue weighted by Gasteiger charge is 2.15. The van der Waals surface area contributed by atoms with Gasteiger partial charge in [-0.2, -0.15) is 0 Å². The van der Waals surface area contributed by atoms with E-state index in [2.05, 4.69) is 27.8 Å². The van der Waals surface area contributed by atoms with Gasteiger partial charge in [-0.15, -0.1) is 10.2 Å². The molecule has 2 N–H and O–H groups in total. The summed E-state index contributed by atoms with van der Waals surface area (Å²) < 4.78 is 1.98. The first-order valence-corrected chi connectivity index (χ1v) is 8.75. The molecule has 0 atom stereocenters. The van der Waals surface area contributed by atoms with Crippen molar-refractivity contribution in [3.05, 3.63) is 30.6 Å². The first-order valence-electron chi connectivity index (χ1n) is 8.75. The van der Waals surface area contributed by atoms with Gasteiger partial charge in [-0.1, -0.05) is 12.1 Å². The number of carbonyl (C=O) groups excluding carboxylic acids is 1. The number of hydrogen-bond donors (Lipinski definition) is 2. The number of nitrogens with zero attached hydrogens (tertiary/aromatic N) is 3.